The van der Waals surface area contributed by atoms with E-state index < -0.39 is 18.5 Å². The van der Waals surface area contributed by atoms with Crippen molar-refractivity contribution in [3.63, 3.8) is 0 Å². The van der Waals surface area contributed by atoms with Crippen LogP contribution in [0.3, 0.4) is 0 Å². The van der Waals surface area contributed by atoms with Crippen molar-refractivity contribution in [3.8, 4) is 11.5 Å². The van der Waals surface area contributed by atoms with Gasteiger partial charge in [-0.15, -0.1) is 0 Å². The fourth-order valence-corrected chi connectivity index (χ4v) is 4.00. The van der Waals surface area contributed by atoms with Crippen molar-refractivity contribution in [1.29, 1.82) is 0 Å². The quantitative estimate of drug-likeness (QED) is 0.312. The van der Waals surface area contributed by atoms with Gasteiger partial charge in [0.15, 0.2) is 6.61 Å². The molecular formula is C25H29Cl2NO7. The average molecular weight is 526 g/mol. The Kier molecular flexibility index (Phi) is 11.8. The van der Waals surface area contributed by atoms with Crippen molar-refractivity contribution in [3.05, 3.63) is 58.1 Å². The molecule has 0 spiro atoms. The second kappa shape index (κ2) is 14.6. The molecule has 0 atom stereocenters. The van der Waals surface area contributed by atoms with Crippen molar-refractivity contribution >= 4 is 41.1 Å². The van der Waals surface area contributed by atoms with Crippen LogP contribution in [0.15, 0.2) is 42.5 Å². The summed E-state index contributed by atoms with van der Waals surface area (Å²) in [6.07, 6.45) is 4.25. The van der Waals surface area contributed by atoms with Crippen molar-refractivity contribution in [2.75, 3.05) is 13.2 Å². The molecule has 1 aliphatic carbocycles. The second-order valence-corrected chi connectivity index (χ2v) is 9.01. The molecule has 0 saturated heterocycles. The van der Waals surface area contributed by atoms with Crippen LogP contribution in [0.5, 0.6) is 11.5 Å². The smallest absolute Gasteiger partial charge is 0.341 e. The summed E-state index contributed by atoms with van der Waals surface area (Å²) in [7, 11) is 0. The Morgan fingerprint density at radius 1 is 0.943 bits per heavy atom. The molecule has 0 aliphatic heterocycles. The highest BCUT2D eigenvalue weighted by molar-refractivity contribution is 6.35. The number of hydrogen-bond donors (Lipinski definition) is 3. The van der Waals surface area contributed by atoms with E-state index in [1.807, 2.05) is 0 Å². The Hall–Kier alpha value is -2.81. The first-order chi connectivity index (χ1) is 16.7. The lowest BCUT2D eigenvalue weighted by atomic mass is 9.82. The summed E-state index contributed by atoms with van der Waals surface area (Å²) in [6, 6.07) is 11.6. The number of esters is 1. The maximum atomic E-state index is 12.1. The lowest BCUT2D eigenvalue weighted by molar-refractivity contribution is -0.140. The Balaban J connectivity index is 0.000000283. The van der Waals surface area contributed by atoms with Gasteiger partial charge in [0.2, 0.25) is 0 Å². The van der Waals surface area contributed by atoms with E-state index in [4.69, 9.17) is 48.6 Å². The van der Waals surface area contributed by atoms with Crippen LogP contribution in [0.25, 0.3) is 0 Å². The van der Waals surface area contributed by atoms with Gasteiger partial charge in [0.05, 0.1) is 10.9 Å². The van der Waals surface area contributed by atoms with Gasteiger partial charge in [-0.1, -0.05) is 35.3 Å². The van der Waals surface area contributed by atoms with Crippen molar-refractivity contribution < 1.29 is 34.1 Å². The summed E-state index contributed by atoms with van der Waals surface area (Å²) < 4.78 is 10.3. The van der Waals surface area contributed by atoms with E-state index in [1.165, 1.54) is 12.1 Å². The molecule has 2 aromatic rings. The maximum absolute atomic E-state index is 12.1. The van der Waals surface area contributed by atoms with E-state index in [9.17, 15) is 14.4 Å². The molecule has 2 aromatic carbocycles. The van der Waals surface area contributed by atoms with Crippen molar-refractivity contribution in [2.45, 2.75) is 38.5 Å². The van der Waals surface area contributed by atoms with E-state index in [0.717, 1.165) is 31.2 Å². The fraction of sp³-hybridized carbons (Fsp3) is 0.400. The molecule has 0 radical (unpaired) electrons. The second-order valence-electron chi connectivity index (χ2n) is 8.17. The Labute approximate surface area is 213 Å². The zero-order valence-corrected chi connectivity index (χ0v) is 20.6. The third-order valence-corrected chi connectivity index (χ3v) is 6.06. The normalized spacial score (nSPS) is 17.0. The zero-order chi connectivity index (χ0) is 25.8. The number of hydrogen-bond acceptors (Lipinski definition) is 6. The SMILES string of the molecule is NC[C@H]1CC[C@H](C(=O)Oc2ccc(CCC(=O)O)cc2)CC1.O=C(O)COc1ccc(Cl)cc1Cl. The number of nitrogens with two attached hydrogens (primary N) is 1. The van der Waals surface area contributed by atoms with Gasteiger partial charge in [0.25, 0.3) is 0 Å². The number of carboxylic acids is 2. The minimum Gasteiger partial charge on any atom is -0.481 e. The van der Waals surface area contributed by atoms with Gasteiger partial charge in [0.1, 0.15) is 11.5 Å². The van der Waals surface area contributed by atoms with Crippen molar-refractivity contribution in [2.24, 2.45) is 17.6 Å². The number of carboxylic acid groups (broad SMARTS) is 2. The number of aryl methyl sites for hydroxylation is 1. The van der Waals surface area contributed by atoms with E-state index in [2.05, 4.69) is 0 Å². The molecule has 1 fully saturated rings. The van der Waals surface area contributed by atoms with Crippen LogP contribution < -0.4 is 15.2 Å². The molecule has 3 rings (SSSR count). The molecule has 0 amide bonds. The average Bonchev–Trinajstić information content (AvgIpc) is 2.83. The Morgan fingerprint density at radius 3 is 2.14 bits per heavy atom. The van der Waals surface area contributed by atoms with Gasteiger partial charge in [-0.3, -0.25) is 9.59 Å². The molecule has 0 bridgehead atoms. The highest BCUT2D eigenvalue weighted by Gasteiger charge is 2.27. The number of carbonyl (C=O) groups is 3. The summed E-state index contributed by atoms with van der Waals surface area (Å²) in [4.78, 5) is 32.8. The summed E-state index contributed by atoms with van der Waals surface area (Å²) in [6.45, 7) is 0.279. The topological polar surface area (TPSA) is 136 Å². The molecule has 0 unspecified atom stereocenters. The summed E-state index contributed by atoms with van der Waals surface area (Å²) in [5, 5.41) is 17.8. The van der Waals surface area contributed by atoms with Crippen LogP contribution >= 0.6 is 23.2 Å². The van der Waals surface area contributed by atoms with Crippen LogP contribution in [0, 0.1) is 11.8 Å². The minimum absolute atomic E-state index is 0.0329. The van der Waals surface area contributed by atoms with E-state index in [0.29, 0.717) is 40.4 Å². The third-order valence-electron chi connectivity index (χ3n) is 5.53. The molecular weight excluding hydrogens is 497 g/mol. The third kappa shape index (κ3) is 10.5. The lowest BCUT2D eigenvalue weighted by Crippen LogP contribution is -2.28. The first-order valence-corrected chi connectivity index (χ1v) is 12.0. The molecule has 8 nitrogen and oxygen atoms in total. The molecule has 0 heterocycles. The van der Waals surface area contributed by atoms with Gasteiger partial charge < -0.3 is 25.4 Å². The maximum Gasteiger partial charge on any atom is 0.341 e. The zero-order valence-electron chi connectivity index (χ0n) is 19.1. The van der Waals surface area contributed by atoms with Crippen LogP contribution in [-0.2, 0) is 20.8 Å². The predicted molar refractivity (Wildman–Crippen MR) is 132 cm³/mol. The summed E-state index contributed by atoms with van der Waals surface area (Å²) in [5.74, 6) is -0.700. The summed E-state index contributed by atoms with van der Waals surface area (Å²) in [5.41, 5.74) is 6.57. The number of benzene rings is 2. The number of halogens is 2. The first-order valence-electron chi connectivity index (χ1n) is 11.2. The Morgan fingerprint density at radius 2 is 1.60 bits per heavy atom. The van der Waals surface area contributed by atoms with Crippen LogP contribution in [-0.4, -0.2) is 41.3 Å². The predicted octanol–water partition coefficient (Wildman–Crippen LogP) is 4.83. The molecule has 1 saturated carbocycles. The molecule has 0 aromatic heterocycles. The molecule has 10 heteroatoms. The fourth-order valence-electron chi connectivity index (χ4n) is 3.54. The monoisotopic (exact) mass is 525 g/mol. The van der Waals surface area contributed by atoms with Crippen molar-refractivity contribution in [1.82, 2.24) is 0 Å². The number of rotatable bonds is 9. The molecule has 190 valence electrons. The summed E-state index contributed by atoms with van der Waals surface area (Å²) >= 11 is 11.3. The standard InChI is InChI=1S/C17H23NO4.C8H6Cl2O3/c18-11-13-1-6-14(7-2-13)17(21)22-15-8-3-12(4-9-15)5-10-16(19)20;9-5-1-2-7(6(10)3-5)13-4-8(11)12/h3-4,8-9,13-14H,1-2,5-7,10-11,18H2,(H,19,20);1-3H,4H2,(H,11,12)/t13-,14-;. The molecule has 4 N–H and O–H groups in total. The van der Waals surface area contributed by atoms with Gasteiger partial charge in [-0.25, -0.2) is 4.79 Å². The van der Waals surface area contributed by atoms with Crippen LogP contribution in [0.2, 0.25) is 10.0 Å². The van der Waals surface area contributed by atoms with Gasteiger partial charge in [-0.2, -0.15) is 0 Å². The first kappa shape index (κ1) is 28.4. The van der Waals surface area contributed by atoms with E-state index in [1.54, 1.807) is 30.3 Å². The van der Waals surface area contributed by atoms with Crippen LogP contribution in [0.1, 0.15) is 37.7 Å². The largest absolute Gasteiger partial charge is 0.481 e. The Bertz CT molecular complexity index is 990. The van der Waals surface area contributed by atoms with Gasteiger partial charge >= 0.3 is 17.9 Å². The number of ether oxygens (including phenoxy) is 2. The number of aliphatic carboxylic acids is 2. The molecule has 1 aliphatic rings. The van der Waals surface area contributed by atoms with Gasteiger partial charge in [-0.05, 0) is 80.5 Å². The highest BCUT2D eigenvalue weighted by atomic mass is 35.5. The van der Waals surface area contributed by atoms with E-state index in [-0.39, 0.29) is 18.3 Å². The molecule has 35 heavy (non-hydrogen) atoms. The minimum atomic E-state index is -1.05. The van der Waals surface area contributed by atoms with E-state index >= 15 is 0 Å². The van der Waals surface area contributed by atoms with Gasteiger partial charge in [0, 0.05) is 11.4 Å². The van der Waals surface area contributed by atoms with Crippen LogP contribution in [0.4, 0.5) is 0 Å². The number of carbonyl (C=O) groups excluding carboxylic acids is 1. The lowest BCUT2D eigenvalue weighted by Gasteiger charge is -2.26. The highest BCUT2D eigenvalue weighted by Crippen LogP contribution is 2.29.